The average Bonchev–Trinajstić information content (AvgIpc) is 2.91. The van der Waals surface area contributed by atoms with E-state index < -0.39 is 5.41 Å². The second-order valence-corrected chi connectivity index (χ2v) is 8.41. The molecule has 2 aromatic heterocycles. The van der Waals surface area contributed by atoms with E-state index >= 15 is 0 Å². The fourth-order valence-corrected chi connectivity index (χ4v) is 3.50. The van der Waals surface area contributed by atoms with E-state index in [4.69, 9.17) is 0 Å². The largest absolute Gasteiger partial charge is 0.326 e. The second kappa shape index (κ2) is 6.33. The molecule has 0 saturated carbocycles. The van der Waals surface area contributed by atoms with Gasteiger partial charge in [0, 0.05) is 33.5 Å². The lowest BCUT2D eigenvalue weighted by Gasteiger charge is -2.17. The highest BCUT2D eigenvalue weighted by Crippen LogP contribution is 2.27. The van der Waals surface area contributed by atoms with Gasteiger partial charge in [-0.05, 0) is 50.1 Å². The number of hydrogen-bond acceptors (Lipinski definition) is 2. The summed E-state index contributed by atoms with van der Waals surface area (Å²) in [6.07, 6.45) is 3.95. The molecule has 1 aromatic carbocycles. The summed E-state index contributed by atoms with van der Waals surface area (Å²) in [6.45, 7) is 5.68. The summed E-state index contributed by atoms with van der Waals surface area (Å²) in [7, 11) is 0. The zero-order chi connectivity index (χ0) is 17.5. The number of anilines is 1. The molecule has 1 N–H and O–H groups in total. The number of fused-ring (bicyclic) bond motifs is 1. The van der Waals surface area contributed by atoms with Crippen LogP contribution in [-0.2, 0) is 4.79 Å². The number of halogens is 2. The molecule has 0 fully saturated rings. The van der Waals surface area contributed by atoms with Gasteiger partial charge in [0.2, 0.25) is 5.91 Å². The van der Waals surface area contributed by atoms with Crippen LogP contribution in [0.25, 0.3) is 16.9 Å². The smallest absolute Gasteiger partial charge is 0.229 e. The number of amides is 1. The van der Waals surface area contributed by atoms with Gasteiger partial charge in [-0.25, -0.2) is 4.98 Å². The number of aromatic nitrogens is 2. The molecule has 0 atom stereocenters. The van der Waals surface area contributed by atoms with Gasteiger partial charge in [0.05, 0.1) is 10.2 Å². The van der Waals surface area contributed by atoms with Crippen LogP contribution < -0.4 is 5.32 Å². The maximum atomic E-state index is 12.0. The van der Waals surface area contributed by atoms with Gasteiger partial charge in [-0.2, -0.15) is 0 Å². The highest BCUT2D eigenvalue weighted by Gasteiger charge is 2.21. The minimum atomic E-state index is -0.417. The first kappa shape index (κ1) is 17.2. The molecule has 0 aliphatic rings. The van der Waals surface area contributed by atoms with E-state index in [1.807, 2.05) is 67.9 Å². The van der Waals surface area contributed by atoms with E-state index in [0.717, 1.165) is 31.5 Å². The Morgan fingerprint density at radius 1 is 1.12 bits per heavy atom. The quantitative estimate of drug-likeness (QED) is 0.559. The molecule has 24 heavy (non-hydrogen) atoms. The number of hydrogen-bond donors (Lipinski definition) is 1. The minimum Gasteiger partial charge on any atom is -0.326 e. The summed E-state index contributed by atoms with van der Waals surface area (Å²) in [5.41, 5.74) is 3.10. The van der Waals surface area contributed by atoms with Gasteiger partial charge in [0.15, 0.2) is 5.65 Å². The highest BCUT2D eigenvalue weighted by atomic mass is 79.9. The first-order valence-electron chi connectivity index (χ1n) is 7.50. The Morgan fingerprint density at radius 3 is 2.42 bits per heavy atom. The molecule has 0 aliphatic heterocycles. The van der Waals surface area contributed by atoms with E-state index in [-0.39, 0.29) is 5.91 Å². The summed E-state index contributed by atoms with van der Waals surface area (Å²) in [4.78, 5) is 16.7. The Balaban J connectivity index is 1.88. The third-order valence-corrected chi connectivity index (χ3v) is 4.61. The van der Waals surface area contributed by atoms with E-state index in [2.05, 4.69) is 42.2 Å². The van der Waals surface area contributed by atoms with Gasteiger partial charge in [-0.1, -0.05) is 32.9 Å². The number of benzene rings is 1. The Morgan fingerprint density at radius 2 is 1.79 bits per heavy atom. The molecular weight excluding hydrogens is 434 g/mol. The Labute approximate surface area is 157 Å². The van der Waals surface area contributed by atoms with Crippen molar-refractivity contribution in [3.8, 4) is 11.3 Å². The van der Waals surface area contributed by atoms with Crippen molar-refractivity contribution in [3.63, 3.8) is 0 Å². The molecule has 0 bridgehead atoms. The normalized spacial score (nSPS) is 11.7. The zero-order valence-corrected chi connectivity index (χ0v) is 16.8. The minimum absolute atomic E-state index is 0.00300. The lowest BCUT2D eigenvalue weighted by Crippen LogP contribution is -2.27. The van der Waals surface area contributed by atoms with Crippen LogP contribution in [-0.4, -0.2) is 15.3 Å². The van der Waals surface area contributed by atoms with Crippen LogP contribution in [0.15, 0.2) is 51.7 Å². The third-order valence-electron chi connectivity index (χ3n) is 3.59. The van der Waals surface area contributed by atoms with Crippen molar-refractivity contribution in [2.45, 2.75) is 20.8 Å². The van der Waals surface area contributed by atoms with Crippen molar-refractivity contribution in [2.75, 3.05) is 5.32 Å². The van der Waals surface area contributed by atoms with Gasteiger partial charge in [-0.3, -0.25) is 4.79 Å². The van der Waals surface area contributed by atoms with Crippen molar-refractivity contribution in [1.29, 1.82) is 0 Å². The molecule has 1 amide bonds. The Hall–Kier alpha value is -1.66. The molecule has 3 aromatic rings. The van der Waals surface area contributed by atoms with Gasteiger partial charge in [0.25, 0.3) is 0 Å². The number of carbonyl (C=O) groups is 1. The number of carbonyl (C=O) groups excluding carboxylic acids is 1. The first-order chi connectivity index (χ1) is 11.2. The molecule has 0 radical (unpaired) electrons. The maximum Gasteiger partial charge on any atom is 0.229 e. The zero-order valence-electron chi connectivity index (χ0n) is 13.6. The molecule has 3 rings (SSSR count). The first-order valence-corrected chi connectivity index (χ1v) is 9.08. The number of imidazole rings is 1. The fraction of sp³-hybridized carbons (Fsp3) is 0.222. The summed E-state index contributed by atoms with van der Waals surface area (Å²) >= 11 is 7.01. The Bertz CT molecular complexity index is 908. The highest BCUT2D eigenvalue weighted by molar-refractivity contribution is 9.11. The van der Waals surface area contributed by atoms with Crippen LogP contribution in [0.2, 0.25) is 0 Å². The van der Waals surface area contributed by atoms with Crippen molar-refractivity contribution in [2.24, 2.45) is 5.41 Å². The van der Waals surface area contributed by atoms with Crippen LogP contribution >= 0.6 is 31.9 Å². The van der Waals surface area contributed by atoms with Gasteiger partial charge >= 0.3 is 0 Å². The number of rotatable bonds is 2. The molecule has 124 valence electrons. The number of nitrogens with one attached hydrogen (secondary N) is 1. The van der Waals surface area contributed by atoms with Gasteiger partial charge < -0.3 is 9.72 Å². The lowest BCUT2D eigenvalue weighted by atomic mass is 9.95. The van der Waals surface area contributed by atoms with Crippen molar-refractivity contribution in [1.82, 2.24) is 9.38 Å². The molecular formula is C18H17Br2N3O. The Kier molecular flexibility index (Phi) is 4.53. The van der Waals surface area contributed by atoms with E-state index in [1.165, 1.54) is 0 Å². The maximum absolute atomic E-state index is 12.0. The SMILES string of the molecule is CC(C)(C)C(=O)Nc1ccc(-c2cn3cc(Br)cc(Br)c3n2)cc1. The summed E-state index contributed by atoms with van der Waals surface area (Å²) in [5, 5.41) is 2.93. The summed E-state index contributed by atoms with van der Waals surface area (Å²) in [6, 6.07) is 9.69. The van der Waals surface area contributed by atoms with E-state index in [1.54, 1.807) is 0 Å². The molecule has 4 nitrogen and oxygen atoms in total. The average molecular weight is 451 g/mol. The van der Waals surface area contributed by atoms with Crippen LogP contribution in [0, 0.1) is 5.41 Å². The third kappa shape index (κ3) is 3.54. The monoisotopic (exact) mass is 449 g/mol. The molecule has 0 aliphatic carbocycles. The second-order valence-electron chi connectivity index (χ2n) is 6.64. The molecule has 6 heteroatoms. The van der Waals surface area contributed by atoms with E-state index in [9.17, 15) is 4.79 Å². The molecule has 0 saturated heterocycles. The number of nitrogens with zero attached hydrogens (tertiary/aromatic N) is 2. The lowest BCUT2D eigenvalue weighted by molar-refractivity contribution is -0.123. The standard InChI is InChI=1S/C18H17Br2N3O/c1-18(2,3)17(24)21-13-6-4-11(5-7-13)15-10-23-9-12(19)8-14(20)16(23)22-15/h4-10H,1-3H3,(H,21,24). The van der Waals surface area contributed by atoms with Crippen molar-refractivity contribution in [3.05, 3.63) is 51.7 Å². The van der Waals surface area contributed by atoms with Gasteiger partial charge in [-0.15, -0.1) is 0 Å². The van der Waals surface area contributed by atoms with Crippen LogP contribution in [0.1, 0.15) is 20.8 Å². The summed E-state index contributed by atoms with van der Waals surface area (Å²) in [5.74, 6) is -0.00300. The van der Waals surface area contributed by atoms with Crippen LogP contribution in [0.4, 0.5) is 5.69 Å². The van der Waals surface area contributed by atoms with Crippen LogP contribution in [0.3, 0.4) is 0 Å². The topological polar surface area (TPSA) is 46.4 Å². The van der Waals surface area contributed by atoms with Crippen LogP contribution in [0.5, 0.6) is 0 Å². The van der Waals surface area contributed by atoms with Gasteiger partial charge in [0.1, 0.15) is 0 Å². The molecule has 0 unspecified atom stereocenters. The van der Waals surface area contributed by atoms with Crippen molar-refractivity contribution < 1.29 is 4.79 Å². The molecule has 2 heterocycles. The van der Waals surface area contributed by atoms with E-state index in [0.29, 0.717) is 0 Å². The predicted octanol–water partition coefficient (Wildman–Crippen LogP) is 5.51. The summed E-state index contributed by atoms with van der Waals surface area (Å²) < 4.78 is 3.88. The van der Waals surface area contributed by atoms with Crippen molar-refractivity contribution >= 4 is 49.1 Å². The fourth-order valence-electron chi connectivity index (χ4n) is 2.21. The molecule has 0 spiro atoms. The number of pyridine rings is 1. The predicted molar refractivity (Wildman–Crippen MR) is 104 cm³/mol.